The lowest BCUT2D eigenvalue weighted by molar-refractivity contribution is -0.128. The number of thioether (sulfide) groups is 1. The largest absolute Gasteiger partial charge is 0.367 e. The van der Waals surface area contributed by atoms with Gasteiger partial charge in [-0.25, -0.2) is 4.68 Å². The molecule has 0 atom stereocenters. The molecule has 2 aromatic rings. The van der Waals surface area contributed by atoms with Crippen molar-refractivity contribution in [3.05, 3.63) is 47.1 Å². The predicted octanol–water partition coefficient (Wildman–Crippen LogP) is 0.616. The van der Waals surface area contributed by atoms with Crippen LogP contribution in [0, 0.1) is 0 Å². The van der Waals surface area contributed by atoms with Crippen molar-refractivity contribution in [3.8, 4) is 0 Å². The van der Waals surface area contributed by atoms with Crippen molar-refractivity contribution in [2.45, 2.75) is 4.90 Å². The van der Waals surface area contributed by atoms with E-state index in [9.17, 15) is 9.59 Å². The van der Waals surface area contributed by atoms with Crippen LogP contribution in [0.15, 0.2) is 46.5 Å². The van der Waals surface area contributed by atoms with Crippen molar-refractivity contribution in [1.82, 2.24) is 19.7 Å². The van der Waals surface area contributed by atoms with E-state index in [1.54, 1.807) is 31.7 Å². The van der Waals surface area contributed by atoms with Crippen molar-refractivity contribution in [3.63, 3.8) is 0 Å². The number of aryl methyl sites for hydroxylation is 1. The SMILES string of the molecule is Cn1ncc(N2CCN(C(=O)CSc3ccncc3)CC2)cc1=O. The number of piperazine rings is 1. The van der Waals surface area contributed by atoms with Gasteiger partial charge in [-0.15, -0.1) is 11.8 Å². The van der Waals surface area contributed by atoms with Gasteiger partial charge in [0.1, 0.15) is 0 Å². The first-order chi connectivity index (χ1) is 11.6. The number of hydrogen-bond donors (Lipinski definition) is 0. The number of rotatable bonds is 4. The number of aromatic nitrogens is 3. The maximum atomic E-state index is 12.3. The predicted molar refractivity (Wildman–Crippen MR) is 93.2 cm³/mol. The fraction of sp³-hybridized carbons (Fsp3) is 0.375. The Morgan fingerprint density at radius 2 is 1.92 bits per heavy atom. The molecule has 3 rings (SSSR count). The molecular formula is C16H19N5O2S. The van der Waals surface area contributed by atoms with Crippen LogP contribution in [0.4, 0.5) is 5.69 Å². The average Bonchev–Trinajstić information content (AvgIpc) is 2.63. The highest BCUT2D eigenvalue weighted by atomic mass is 32.2. The molecule has 126 valence electrons. The third-order valence-electron chi connectivity index (χ3n) is 3.96. The van der Waals surface area contributed by atoms with E-state index in [4.69, 9.17) is 0 Å². The standard InChI is InChI=1S/C16H19N5O2S/c1-19-15(22)10-13(11-18-19)20-6-8-21(9-7-20)16(23)12-24-14-2-4-17-5-3-14/h2-5,10-11H,6-9,12H2,1H3. The first-order valence-corrected chi connectivity index (χ1v) is 8.71. The van der Waals surface area contributed by atoms with E-state index in [2.05, 4.69) is 15.0 Å². The minimum absolute atomic E-state index is 0.125. The van der Waals surface area contributed by atoms with Crippen LogP contribution in [0.1, 0.15) is 0 Å². The number of amides is 1. The van der Waals surface area contributed by atoms with Gasteiger partial charge in [-0.05, 0) is 12.1 Å². The maximum Gasteiger partial charge on any atom is 0.268 e. The normalized spacial score (nSPS) is 14.7. The van der Waals surface area contributed by atoms with Crippen LogP contribution in [-0.4, -0.2) is 57.5 Å². The molecule has 0 bridgehead atoms. The zero-order chi connectivity index (χ0) is 16.9. The Balaban J connectivity index is 1.51. The van der Waals surface area contributed by atoms with Crippen molar-refractivity contribution >= 4 is 23.4 Å². The summed E-state index contributed by atoms with van der Waals surface area (Å²) in [5.41, 5.74) is 0.691. The fourth-order valence-corrected chi connectivity index (χ4v) is 3.30. The lowest BCUT2D eigenvalue weighted by Crippen LogP contribution is -2.49. The van der Waals surface area contributed by atoms with E-state index < -0.39 is 0 Å². The molecule has 1 aliphatic rings. The molecule has 0 unspecified atom stereocenters. The Morgan fingerprint density at radius 1 is 1.21 bits per heavy atom. The van der Waals surface area contributed by atoms with Crippen molar-refractivity contribution in [1.29, 1.82) is 0 Å². The molecule has 8 heteroatoms. The summed E-state index contributed by atoms with van der Waals surface area (Å²) >= 11 is 1.52. The monoisotopic (exact) mass is 345 g/mol. The van der Waals surface area contributed by atoms with Crippen LogP contribution in [0.2, 0.25) is 0 Å². The van der Waals surface area contributed by atoms with Gasteiger partial charge in [0.2, 0.25) is 5.91 Å². The summed E-state index contributed by atoms with van der Waals surface area (Å²) in [6.45, 7) is 2.73. The third-order valence-corrected chi connectivity index (χ3v) is 4.96. The van der Waals surface area contributed by atoms with Gasteiger partial charge in [-0.2, -0.15) is 5.10 Å². The minimum atomic E-state index is -0.125. The summed E-state index contributed by atoms with van der Waals surface area (Å²) < 4.78 is 1.31. The van der Waals surface area contributed by atoms with Gasteiger partial charge in [0.05, 0.1) is 17.6 Å². The van der Waals surface area contributed by atoms with Crippen molar-refractivity contribution < 1.29 is 4.79 Å². The number of pyridine rings is 1. The summed E-state index contributed by atoms with van der Waals surface area (Å²) in [6.07, 6.45) is 5.14. The Labute approximate surface area is 144 Å². The molecule has 0 spiro atoms. The number of carbonyl (C=O) groups is 1. The third kappa shape index (κ3) is 3.94. The molecule has 1 amide bonds. The topological polar surface area (TPSA) is 71.3 Å². The molecule has 0 aliphatic carbocycles. The van der Waals surface area contributed by atoms with Gasteiger partial charge in [-0.3, -0.25) is 14.6 Å². The van der Waals surface area contributed by atoms with Gasteiger partial charge >= 0.3 is 0 Å². The van der Waals surface area contributed by atoms with Crippen molar-refractivity contribution in [2.24, 2.45) is 7.05 Å². The Kier molecular flexibility index (Phi) is 5.14. The summed E-state index contributed by atoms with van der Waals surface area (Å²) in [5, 5.41) is 4.04. The second-order valence-electron chi connectivity index (χ2n) is 5.52. The van der Waals surface area contributed by atoms with Gasteiger partial charge in [-0.1, -0.05) is 0 Å². The van der Waals surface area contributed by atoms with E-state index in [-0.39, 0.29) is 11.5 Å². The van der Waals surface area contributed by atoms with E-state index in [1.807, 2.05) is 17.0 Å². The molecule has 2 aromatic heterocycles. The zero-order valence-corrected chi connectivity index (χ0v) is 14.3. The number of nitrogens with zero attached hydrogens (tertiary/aromatic N) is 5. The van der Waals surface area contributed by atoms with Gasteiger partial charge in [0.15, 0.2) is 0 Å². The van der Waals surface area contributed by atoms with E-state index in [1.165, 1.54) is 16.4 Å². The van der Waals surface area contributed by atoms with E-state index >= 15 is 0 Å². The first-order valence-electron chi connectivity index (χ1n) is 7.72. The Hall–Kier alpha value is -2.35. The summed E-state index contributed by atoms with van der Waals surface area (Å²) in [4.78, 5) is 33.0. The molecular weight excluding hydrogens is 326 g/mol. The zero-order valence-electron chi connectivity index (χ0n) is 13.5. The second-order valence-corrected chi connectivity index (χ2v) is 6.56. The van der Waals surface area contributed by atoms with E-state index in [0.717, 1.165) is 10.6 Å². The Morgan fingerprint density at radius 3 is 2.58 bits per heavy atom. The molecule has 1 aliphatic heterocycles. The smallest absolute Gasteiger partial charge is 0.268 e. The van der Waals surface area contributed by atoms with Crippen LogP contribution in [0.25, 0.3) is 0 Å². The average molecular weight is 345 g/mol. The molecule has 3 heterocycles. The van der Waals surface area contributed by atoms with Crippen LogP contribution in [-0.2, 0) is 11.8 Å². The lowest BCUT2D eigenvalue weighted by atomic mass is 10.3. The quantitative estimate of drug-likeness (QED) is 0.757. The number of carbonyl (C=O) groups excluding carboxylic acids is 1. The summed E-state index contributed by atoms with van der Waals surface area (Å²) in [6, 6.07) is 5.39. The van der Waals surface area contributed by atoms with Crippen LogP contribution >= 0.6 is 11.8 Å². The minimum Gasteiger partial charge on any atom is -0.367 e. The molecule has 0 aromatic carbocycles. The van der Waals surface area contributed by atoms with Gasteiger partial charge in [0, 0.05) is 56.6 Å². The fourth-order valence-electron chi connectivity index (χ4n) is 2.52. The number of hydrogen-bond acceptors (Lipinski definition) is 6. The summed E-state index contributed by atoms with van der Waals surface area (Å²) in [5.74, 6) is 0.566. The molecule has 1 saturated heterocycles. The molecule has 7 nitrogen and oxygen atoms in total. The molecule has 0 saturated carbocycles. The van der Waals surface area contributed by atoms with Crippen LogP contribution in [0.3, 0.4) is 0 Å². The first kappa shape index (κ1) is 16.5. The molecule has 1 fully saturated rings. The van der Waals surface area contributed by atoms with Crippen LogP contribution in [0.5, 0.6) is 0 Å². The highest BCUT2D eigenvalue weighted by Crippen LogP contribution is 2.18. The number of anilines is 1. The lowest BCUT2D eigenvalue weighted by Gasteiger charge is -2.35. The second kappa shape index (κ2) is 7.48. The Bertz CT molecular complexity index is 757. The maximum absolute atomic E-state index is 12.3. The van der Waals surface area contributed by atoms with Gasteiger partial charge < -0.3 is 9.80 Å². The van der Waals surface area contributed by atoms with E-state index in [0.29, 0.717) is 31.9 Å². The molecule has 0 N–H and O–H groups in total. The highest BCUT2D eigenvalue weighted by Gasteiger charge is 2.21. The van der Waals surface area contributed by atoms with Crippen molar-refractivity contribution in [2.75, 3.05) is 36.8 Å². The summed E-state index contributed by atoms with van der Waals surface area (Å²) in [7, 11) is 1.63. The van der Waals surface area contributed by atoms with Gasteiger partial charge in [0.25, 0.3) is 5.56 Å². The highest BCUT2D eigenvalue weighted by molar-refractivity contribution is 8.00. The molecule has 0 radical (unpaired) electrons. The van der Waals surface area contributed by atoms with Crippen LogP contribution < -0.4 is 10.5 Å². The molecule has 24 heavy (non-hydrogen) atoms.